The first-order valence-electron chi connectivity index (χ1n) is 7.83. The summed E-state index contributed by atoms with van der Waals surface area (Å²) in [6, 6.07) is 0.621. The second-order valence-electron chi connectivity index (χ2n) is 6.09. The first-order valence-corrected chi connectivity index (χ1v) is 7.83. The van der Waals surface area contributed by atoms with Gasteiger partial charge in [0.2, 0.25) is 0 Å². The maximum absolute atomic E-state index is 5.78. The molecule has 3 heterocycles. The number of hydrogen-bond donors (Lipinski definition) is 0. The molecule has 0 bridgehead atoms. The molecule has 0 saturated carbocycles. The molecule has 0 amide bonds. The highest BCUT2D eigenvalue weighted by molar-refractivity contribution is 5.53. The Morgan fingerprint density at radius 3 is 2.90 bits per heavy atom. The van der Waals surface area contributed by atoms with Gasteiger partial charge in [0.1, 0.15) is 11.4 Å². The monoisotopic (exact) mass is 291 g/mol. The van der Waals surface area contributed by atoms with Gasteiger partial charge in [0.05, 0.1) is 12.7 Å². The van der Waals surface area contributed by atoms with E-state index in [1.807, 2.05) is 19.9 Å². The third-order valence-electron chi connectivity index (χ3n) is 4.62. The minimum atomic E-state index is 0.371. The van der Waals surface area contributed by atoms with Crippen LogP contribution in [0.4, 0.5) is 5.69 Å². The van der Waals surface area contributed by atoms with E-state index in [4.69, 9.17) is 9.26 Å². The van der Waals surface area contributed by atoms with Crippen molar-refractivity contribution in [2.24, 2.45) is 0 Å². The second kappa shape index (κ2) is 6.20. The molecule has 1 aromatic heterocycles. The fourth-order valence-electron chi connectivity index (χ4n) is 3.60. The van der Waals surface area contributed by atoms with Gasteiger partial charge in [-0.1, -0.05) is 11.2 Å². The Hall–Kier alpha value is -1.33. The molecule has 0 radical (unpaired) electrons. The summed E-state index contributed by atoms with van der Waals surface area (Å²) < 4.78 is 11.1. The van der Waals surface area contributed by atoms with Gasteiger partial charge in [-0.25, -0.2) is 0 Å². The van der Waals surface area contributed by atoms with Crippen LogP contribution in [0.3, 0.4) is 0 Å². The fourth-order valence-corrected chi connectivity index (χ4v) is 3.60. The lowest BCUT2D eigenvalue weighted by molar-refractivity contribution is 0.0762. The Labute approximate surface area is 126 Å². The molecule has 5 heteroatoms. The quantitative estimate of drug-likeness (QED) is 0.778. The van der Waals surface area contributed by atoms with Crippen LogP contribution in [0.25, 0.3) is 0 Å². The average molecular weight is 291 g/mol. The molecular weight excluding hydrogens is 266 g/mol. The molecule has 0 N–H and O–H groups in total. The summed E-state index contributed by atoms with van der Waals surface area (Å²) in [5, 5.41) is 4.07. The number of hydrogen-bond acceptors (Lipinski definition) is 5. The highest BCUT2D eigenvalue weighted by Crippen LogP contribution is 2.30. The molecule has 0 aromatic carbocycles. The van der Waals surface area contributed by atoms with Gasteiger partial charge in [-0.05, 0) is 26.7 Å². The van der Waals surface area contributed by atoms with Crippen LogP contribution in [0, 0.1) is 13.8 Å². The van der Waals surface area contributed by atoms with Gasteiger partial charge in [0, 0.05) is 32.2 Å². The molecule has 3 rings (SSSR count). The van der Waals surface area contributed by atoms with Gasteiger partial charge < -0.3 is 14.2 Å². The van der Waals surface area contributed by atoms with Crippen molar-refractivity contribution in [1.29, 1.82) is 0 Å². The molecule has 2 fully saturated rings. The summed E-state index contributed by atoms with van der Waals surface area (Å²) in [4.78, 5) is 5.00. The number of aryl methyl sites for hydroxylation is 2. The lowest BCUT2D eigenvalue weighted by Gasteiger charge is -2.24. The van der Waals surface area contributed by atoms with E-state index in [1.54, 1.807) is 0 Å². The Morgan fingerprint density at radius 2 is 2.19 bits per heavy atom. The summed E-state index contributed by atoms with van der Waals surface area (Å²) in [6.45, 7) is 12.7. The van der Waals surface area contributed by atoms with Crippen LogP contribution in [-0.4, -0.2) is 55.0 Å². The highest BCUT2D eigenvalue weighted by atomic mass is 16.5. The van der Waals surface area contributed by atoms with Crippen molar-refractivity contribution in [1.82, 2.24) is 10.1 Å². The summed E-state index contributed by atoms with van der Waals surface area (Å²) in [5.74, 6) is 0.932. The van der Waals surface area contributed by atoms with Crippen LogP contribution in [0.5, 0.6) is 0 Å². The smallest absolute Gasteiger partial charge is 0.157 e. The molecule has 2 saturated heterocycles. The molecule has 2 atom stereocenters. The summed E-state index contributed by atoms with van der Waals surface area (Å²) in [7, 11) is 0. The molecule has 1 aromatic rings. The molecule has 0 spiro atoms. The topological polar surface area (TPSA) is 41.7 Å². The van der Waals surface area contributed by atoms with Gasteiger partial charge in [0.25, 0.3) is 0 Å². The normalized spacial score (nSPS) is 26.7. The van der Waals surface area contributed by atoms with Crippen LogP contribution < -0.4 is 4.90 Å². The van der Waals surface area contributed by atoms with Crippen molar-refractivity contribution in [2.75, 3.05) is 37.7 Å². The molecule has 116 valence electrons. The molecule has 2 aliphatic rings. The third kappa shape index (κ3) is 2.99. The third-order valence-corrected chi connectivity index (χ3v) is 4.62. The van der Waals surface area contributed by atoms with Gasteiger partial charge in [-0.15, -0.1) is 6.58 Å². The Bertz CT molecular complexity index is 480. The van der Waals surface area contributed by atoms with E-state index in [0.717, 1.165) is 44.1 Å². The SMILES string of the molecule is C=CCO[C@@H]1CCN(C2CCN(c3c(C)noc3C)C2)C1. The molecular formula is C16H25N3O2. The largest absolute Gasteiger partial charge is 0.373 e. The van der Waals surface area contributed by atoms with E-state index in [1.165, 1.54) is 12.1 Å². The highest BCUT2D eigenvalue weighted by Gasteiger charge is 2.34. The van der Waals surface area contributed by atoms with Gasteiger partial charge >= 0.3 is 0 Å². The summed E-state index contributed by atoms with van der Waals surface area (Å²) in [5.41, 5.74) is 2.19. The summed E-state index contributed by atoms with van der Waals surface area (Å²) in [6.07, 6.45) is 4.54. The van der Waals surface area contributed by atoms with E-state index < -0.39 is 0 Å². The lowest BCUT2D eigenvalue weighted by atomic mass is 10.2. The number of ether oxygens (including phenoxy) is 1. The van der Waals surface area contributed by atoms with Crippen LogP contribution in [0.1, 0.15) is 24.3 Å². The molecule has 1 unspecified atom stereocenters. The molecule has 5 nitrogen and oxygen atoms in total. The van der Waals surface area contributed by atoms with Crippen molar-refractivity contribution in [3.05, 3.63) is 24.1 Å². The van der Waals surface area contributed by atoms with Crippen molar-refractivity contribution in [3.8, 4) is 0 Å². The van der Waals surface area contributed by atoms with Crippen molar-refractivity contribution in [3.63, 3.8) is 0 Å². The lowest BCUT2D eigenvalue weighted by Crippen LogP contribution is -2.36. The van der Waals surface area contributed by atoms with Crippen LogP contribution in [0.2, 0.25) is 0 Å². The minimum Gasteiger partial charge on any atom is -0.373 e. The van der Waals surface area contributed by atoms with E-state index in [0.29, 0.717) is 18.8 Å². The van der Waals surface area contributed by atoms with E-state index in [2.05, 4.69) is 21.5 Å². The zero-order valence-corrected chi connectivity index (χ0v) is 13.0. The van der Waals surface area contributed by atoms with E-state index >= 15 is 0 Å². The second-order valence-corrected chi connectivity index (χ2v) is 6.09. The average Bonchev–Trinajstić information content (AvgIpc) is 3.17. The zero-order chi connectivity index (χ0) is 14.8. The molecule has 0 aliphatic carbocycles. The van der Waals surface area contributed by atoms with Gasteiger partial charge in [-0.2, -0.15) is 0 Å². The maximum Gasteiger partial charge on any atom is 0.157 e. The number of anilines is 1. The predicted octanol–water partition coefficient (Wildman–Crippen LogP) is 2.15. The van der Waals surface area contributed by atoms with Crippen molar-refractivity contribution < 1.29 is 9.26 Å². The number of aromatic nitrogens is 1. The van der Waals surface area contributed by atoms with E-state index in [9.17, 15) is 0 Å². The van der Waals surface area contributed by atoms with Gasteiger partial charge in [-0.3, -0.25) is 4.90 Å². The maximum atomic E-state index is 5.78. The van der Waals surface area contributed by atoms with Crippen LogP contribution in [0.15, 0.2) is 17.2 Å². The first-order chi connectivity index (χ1) is 10.2. The first kappa shape index (κ1) is 14.6. The number of rotatable bonds is 5. The molecule has 2 aliphatic heterocycles. The van der Waals surface area contributed by atoms with Crippen molar-refractivity contribution >= 4 is 5.69 Å². The summed E-state index contributed by atoms with van der Waals surface area (Å²) >= 11 is 0. The number of nitrogens with zero attached hydrogens (tertiary/aromatic N) is 3. The fraction of sp³-hybridized carbons (Fsp3) is 0.688. The van der Waals surface area contributed by atoms with Crippen LogP contribution >= 0.6 is 0 Å². The predicted molar refractivity (Wildman–Crippen MR) is 82.7 cm³/mol. The minimum absolute atomic E-state index is 0.371. The van der Waals surface area contributed by atoms with Crippen LogP contribution in [-0.2, 0) is 4.74 Å². The Kier molecular flexibility index (Phi) is 4.31. The van der Waals surface area contributed by atoms with Crippen molar-refractivity contribution in [2.45, 2.75) is 38.8 Å². The number of likely N-dealkylation sites (tertiary alicyclic amines) is 1. The Balaban J connectivity index is 1.57. The van der Waals surface area contributed by atoms with Gasteiger partial charge in [0.15, 0.2) is 5.76 Å². The standard InChI is InChI=1S/C16H25N3O2/c1-4-9-20-15-6-8-18(11-15)14-5-7-19(10-14)16-12(2)17-21-13(16)3/h4,14-15H,1,5-11H2,2-3H3/t14?,15-/m1/s1. The Morgan fingerprint density at radius 1 is 1.33 bits per heavy atom. The van der Waals surface area contributed by atoms with E-state index in [-0.39, 0.29) is 0 Å². The molecule has 21 heavy (non-hydrogen) atoms. The zero-order valence-electron chi connectivity index (χ0n) is 13.0.